The van der Waals surface area contributed by atoms with Crippen LogP contribution in [-0.2, 0) is 17.9 Å². The number of nitrogens with two attached hydrogens (primary N) is 1. The zero-order valence-corrected chi connectivity index (χ0v) is 18.0. The van der Waals surface area contributed by atoms with Crippen LogP contribution < -0.4 is 15.8 Å². The maximum atomic E-state index is 12.3. The van der Waals surface area contributed by atoms with Gasteiger partial charge >= 0.3 is 0 Å². The van der Waals surface area contributed by atoms with Gasteiger partial charge in [0.05, 0.1) is 6.54 Å². The maximum absolute atomic E-state index is 12.3. The van der Waals surface area contributed by atoms with Gasteiger partial charge in [-0.15, -0.1) is 0 Å². The SMILES string of the molecule is NC(=O)c1cccc(OCC(=O)NCc2ccccc2-c2ccc(Cn3cccn3)cc2)c1. The number of amides is 2. The van der Waals surface area contributed by atoms with E-state index in [1.54, 1.807) is 24.4 Å². The molecule has 3 aromatic carbocycles. The summed E-state index contributed by atoms with van der Waals surface area (Å²) in [6, 6.07) is 24.6. The van der Waals surface area contributed by atoms with Crippen molar-refractivity contribution in [2.75, 3.05) is 6.61 Å². The van der Waals surface area contributed by atoms with Crippen molar-refractivity contribution in [1.82, 2.24) is 15.1 Å². The minimum Gasteiger partial charge on any atom is -0.484 e. The van der Waals surface area contributed by atoms with E-state index in [1.807, 2.05) is 41.2 Å². The molecule has 33 heavy (non-hydrogen) atoms. The van der Waals surface area contributed by atoms with Crippen LogP contribution in [0, 0.1) is 0 Å². The summed E-state index contributed by atoms with van der Waals surface area (Å²) in [5.74, 6) is -0.392. The van der Waals surface area contributed by atoms with Crippen molar-refractivity contribution in [3.05, 3.63) is 108 Å². The van der Waals surface area contributed by atoms with Crippen molar-refractivity contribution in [3.63, 3.8) is 0 Å². The molecule has 3 N–H and O–H groups in total. The van der Waals surface area contributed by atoms with Crippen LogP contribution >= 0.6 is 0 Å². The predicted octanol–water partition coefficient (Wildman–Crippen LogP) is 3.39. The van der Waals surface area contributed by atoms with Crippen LogP contribution in [0.2, 0.25) is 0 Å². The average Bonchev–Trinajstić information content (AvgIpc) is 3.35. The molecule has 0 aliphatic carbocycles. The summed E-state index contributed by atoms with van der Waals surface area (Å²) >= 11 is 0. The van der Waals surface area contributed by atoms with E-state index in [2.05, 4.69) is 34.7 Å². The molecule has 1 heterocycles. The van der Waals surface area contributed by atoms with Gasteiger partial charge in [0.2, 0.25) is 5.91 Å². The van der Waals surface area contributed by atoms with Gasteiger partial charge in [-0.3, -0.25) is 14.3 Å². The number of carbonyl (C=O) groups excluding carboxylic acids is 2. The Balaban J connectivity index is 1.36. The third kappa shape index (κ3) is 5.86. The Morgan fingerprint density at radius 1 is 0.970 bits per heavy atom. The molecule has 4 aromatic rings. The Hall–Kier alpha value is -4.39. The second-order valence-corrected chi connectivity index (χ2v) is 7.52. The number of hydrogen-bond acceptors (Lipinski definition) is 4. The second kappa shape index (κ2) is 10.3. The Bertz CT molecular complexity index is 1230. The van der Waals surface area contributed by atoms with Gasteiger partial charge in [0.25, 0.3) is 5.91 Å². The smallest absolute Gasteiger partial charge is 0.258 e. The molecule has 0 spiro atoms. The summed E-state index contributed by atoms with van der Waals surface area (Å²) in [7, 11) is 0. The van der Waals surface area contributed by atoms with Crippen molar-refractivity contribution < 1.29 is 14.3 Å². The third-order valence-corrected chi connectivity index (χ3v) is 5.15. The molecule has 0 atom stereocenters. The van der Waals surface area contributed by atoms with Crippen LogP contribution in [0.3, 0.4) is 0 Å². The quantitative estimate of drug-likeness (QED) is 0.417. The number of benzene rings is 3. The van der Waals surface area contributed by atoms with E-state index < -0.39 is 5.91 Å². The van der Waals surface area contributed by atoms with Crippen LogP contribution in [0.4, 0.5) is 0 Å². The first-order valence-corrected chi connectivity index (χ1v) is 10.5. The Morgan fingerprint density at radius 2 is 1.79 bits per heavy atom. The van der Waals surface area contributed by atoms with E-state index in [0.29, 0.717) is 24.4 Å². The highest BCUT2D eigenvalue weighted by Crippen LogP contribution is 2.24. The van der Waals surface area contributed by atoms with Crippen LogP contribution in [0.15, 0.2) is 91.3 Å². The number of nitrogens with zero attached hydrogens (tertiary/aromatic N) is 2. The lowest BCUT2D eigenvalue weighted by Crippen LogP contribution is -2.28. The summed E-state index contributed by atoms with van der Waals surface area (Å²) in [5.41, 5.74) is 9.89. The van der Waals surface area contributed by atoms with Gasteiger partial charge < -0.3 is 15.8 Å². The van der Waals surface area contributed by atoms with E-state index in [0.717, 1.165) is 22.3 Å². The first kappa shape index (κ1) is 21.8. The average molecular weight is 441 g/mol. The van der Waals surface area contributed by atoms with Gasteiger partial charge in [-0.1, -0.05) is 54.6 Å². The number of ether oxygens (including phenoxy) is 1. The monoisotopic (exact) mass is 440 g/mol. The molecule has 1 aromatic heterocycles. The van der Waals surface area contributed by atoms with Crippen molar-refractivity contribution in [1.29, 1.82) is 0 Å². The maximum Gasteiger partial charge on any atom is 0.258 e. The molecule has 0 radical (unpaired) electrons. The second-order valence-electron chi connectivity index (χ2n) is 7.52. The molecular formula is C26H24N4O3. The standard InChI is InChI=1S/C26H24N4O3/c27-26(32)21-6-3-7-23(15-21)33-18-25(31)28-16-22-5-1-2-8-24(22)20-11-9-19(10-12-20)17-30-14-4-13-29-30/h1-15H,16-18H2,(H2,27,32)(H,28,31). The van der Waals surface area contributed by atoms with Crippen molar-refractivity contribution in [2.45, 2.75) is 13.1 Å². The summed E-state index contributed by atoms with van der Waals surface area (Å²) in [6.45, 7) is 0.925. The highest BCUT2D eigenvalue weighted by molar-refractivity contribution is 5.93. The van der Waals surface area contributed by atoms with E-state index >= 15 is 0 Å². The first-order valence-electron chi connectivity index (χ1n) is 10.5. The molecule has 7 heteroatoms. The Labute approximate surface area is 191 Å². The molecule has 0 aliphatic rings. The Kier molecular flexibility index (Phi) is 6.80. The van der Waals surface area contributed by atoms with E-state index in [1.165, 1.54) is 6.07 Å². The lowest BCUT2D eigenvalue weighted by molar-refractivity contribution is -0.123. The lowest BCUT2D eigenvalue weighted by atomic mass is 9.98. The number of carbonyl (C=O) groups is 2. The van der Waals surface area contributed by atoms with Gasteiger partial charge in [0.1, 0.15) is 5.75 Å². The predicted molar refractivity (Wildman–Crippen MR) is 126 cm³/mol. The number of primary amides is 1. The summed E-state index contributed by atoms with van der Waals surface area (Å²) in [4.78, 5) is 23.6. The molecule has 4 rings (SSSR count). The zero-order chi connectivity index (χ0) is 23.0. The highest BCUT2D eigenvalue weighted by atomic mass is 16.5. The molecular weight excluding hydrogens is 416 g/mol. The van der Waals surface area contributed by atoms with Crippen molar-refractivity contribution in [3.8, 4) is 16.9 Å². The number of rotatable bonds is 9. The van der Waals surface area contributed by atoms with Gasteiger partial charge in [0.15, 0.2) is 6.61 Å². The summed E-state index contributed by atoms with van der Waals surface area (Å²) < 4.78 is 7.37. The van der Waals surface area contributed by atoms with Crippen LogP contribution in [0.5, 0.6) is 5.75 Å². The normalized spacial score (nSPS) is 10.5. The molecule has 0 aliphatic heterocycles. The fourth-order valence-corrected chi connectivity index (χ4v) is 3.46. The highest BCUT2D eigenvalue weighted by Gasteiger charge is 2.09. The van der Waals surface area contributed by atoms with Crippen molar-refractivity contribution >= 4 is 11.8 Å². The van der Waals surface area contributed by atoms with Crippen molar-refractivity contribution in [2.24, 2.45) is 5.73 Å². The fourth-order valence-electron chi connectivity index (χ4n) is 3.46. The number of aromatic nitrogens is 2. The molecule has 7 nitrogen and oxygen atoms in total. The van der Waals surface area contributed by atoms with Crippen LogP contribution in [-0.4, -0.2) is 28.2 Å². The zero-order valence-electron chi connectivity index (χ0n) is 18.0. The van der Waals surface area contributed by atoms with Crippen LogP contribution in [0.1, 0.15) is 21.5 Å². The fraction of sp³-hybridized carbons (Fsp3) is 0.115. The minimum atomic E-state index is -0.545. The van der Waals surface area contributed by atoms with E-state index in [4.69, 9.17) is 10.5 Å². The van der Waals surface area contributed by atoms with E-state index in [-0.39, 0.29) is 12.5 Å². The van der Waals surface area contributed by atoms with Gasteiger partial charge in [0, 0.05) is 24.5 Å². The molecule has 0 saturated carbocycles. The topological polar surface area (TPSA) is 99.2 Å². The van der Waals surface area contributed by atoms with Gasteiger partial charge in [-0.05, 0) is 46.5 Å². The molecule has 166 valence electrons. The molecule has 0 bridgehead atoms. The molecule has 0 unspecified atom stereocenters. The summed E-state index contributed by atoms with van der Waals surface area (Å²) in [6.07, 6.45) is 3.70. The first-order chi connectivity index (χ1) is 16.1. The molecule has 0 fully saturated rings. The summed E-state index contributed by atoms with van der Waals surface area (Å²) in [5, 5.41) is 7.13. The van der Waals surface area contributed by atoms with Gasteiger partial charge in [-0.25, -0.2) is 0 Å². The lowest BCUT2D eigenvalue weighted by Gasteiger charge is -2.12. The number of nitrogens with one attached hydrogen (secondary N) is 1. The molecule has 2 amide bonds. The van der Waals surface area contributed by atoms with E-state index in [9.17, 15) is 9.59 Å². The number of hydrogen-bond donors (Lipinski definition) is 2. The van der Waals surface area contributed by atoms with Gasteiger partial charge in [-0.2, -0.15) is 5.10 Å². The minimum absolute atomic E-state index is 0.160. The van der Waals surface area contributed by atoms with Crippen LogP contribution in [0.25, 0.3) is 11.1 Å². The largest absolute Gasteiger partial charge is 0.484 e. The third-order valence-electron chi connectivity index (χ3n) is 5.15. The molecule has 0 saturated heterocycles. The Morgan fingerprint density at radius 3 is 2.55 bits per heavy atom.